The molecule has 0 spiro atoms. The molecule has 0 bridgehead atoms. The highest BCUT2D eigenvalue weighted by Crippen LogP contribution is 2.30. The number of carbonyl (C=O) groups excluding carboxylic acids is 3. The van der Waals surface area contributed by atoms with Crippen LogP contribution in [0.25, 0.3) is 6.08 Å². The predicted octanol–water partition coefficient (Wildman–Crippen LogP) is 4.34. The van der Waals surface area contributed by atoms with Crippen LogP contribution in [0.4, 0.5) is 19.7 Å². The molecule has 3 rings (SSSR count). The molecule has 1 aromatic carbocycles. The average Bonchev–Trinajstić information content (AvgIpc) is 3.15. The van der Waals surface area contributed by atoms with Crippen molar-refractivity contribution in [2.75, 3.05) is 31.6 Å². The lowest BCUT2D eigenvalue weighted by Gasteiger charge is -2.34. The Hall–Kier alpha value is -3.10. The molecule has 186 valence electrons. The number of hydrogen-bond donors (Lipinski definition) is 1. The highest BCUT2D eigenvalue weighted by atomic mass is 19.1. The topological polar surface area (TPSA) is 88.2 Å². The van der Waals surface area contributed by atoms with E-state index in [0.717, 1.165) is 25.7 Å². The van der Waals surface area contributed by atoms with Gasteiger partial charge < -0.3 is 19.7 Å². The molecule has 8 nitrogen and oxygen atoms in total. The number of nitrogens with one attached hydrogen (secondary N) is 1. The van der Waals surface area contributed by atoms with Crippen molar-refractivity contribution in [3.63, 3.8) is 0 Å². The second kappa shape index (κ2) is 10.9. The summed E-state index contributed by atoms with van der Waals surface area (Å²) < 4.78 is 24.9. The van der Waals surface area contributed by atoms with Crippen molar-refractivity contribution in [1.82, 2.24) is 10.2 Å². The Morgan fingerprint density at radius 3 is 2.53 bits per heavy atom. The molecule has 1 N–H and O–H groups in total. The van der Waals surface area contributed by atoms with Crippen molar-refractivity contribution in [3.05, 3.63) is 35.7 Å². The van der Waals surface area contributed by atoms with Crippen LogP contribution in [0, 0.1) is 11.7 Å². The zero-order valence-corrected chi connectivity index (χ0v) is 20.3. The normalized spacial score (nSPS) is 19.4. The van der Waals surface area contributed by atoms with Crippen molar-refractivity contribution < 1.29 is 28.2 Å². The number of amides is 3. The summed E-state index contributed by atoms with van der Waals surface area (Å²) in [6.45, 7) is 7.33. The predicted molar refractivity (Wildman–Crippen MR) is 127 cm³/mol. The molecule has 2 fully saturated rings. The standard InChI is InChI=1S/C25H34FN3O5/c1-25(2,3)34-24(32)28-13-11-17(12-14-28)5-8-19-16-27-23(31)29(19)21-9-6-18(15-20(21)26)7-10-22(30)33-4/h6-7,9-10,15,17,19H,5,8,11-14,16H2,1-4H3,(H,27,31). The monoisotopic (exact) mass is 475 g/mol. The molecule has 1 atom stereocenters. The summed E-state index contributed by atoms with van der Waals surface area (Å²) in [5, 5.41) is 2.81. The number of likely N-dealkylation sites (tertiary alicyclic amines) is 1. The third-order valence-electron chi connectivity index (χ3n) is 6.09. The maximum Gasteiger partial charge on any atom is 0.410 e. The first-order valence-electron chi connectivity index (χ1n) is 11.7. The van der Waals surface area contributed by atoms with Gasteiger partial charge in [0.15, 0.2) is 0 Å². The van der Waals surface area contributed by atoms with Gasteiger partial charge in [0.05, 0.1) is 18.8 Å². The van der Waals surface area contributed by atoms with E-state index in [1.807, 2.05) is 20.8 Å². The lowest BCUT2D eigenvalue weighted by atomic mass is 9.90. The maximum absolute atomic E-state index is 14.9. The molecule has 9 heteroatoms. The Morgan fingerprint density at radius 1 is 1.21 bits per heavy atom. The van der Waals surface area contributed by atoms with Crippen molar-refractivity contribution in [2.45, 2.75) is 58.1 Å². The number of nitrogens with zero attached hydrogens (tertiary/aromatic N) is 2. The molecule has 2 aliphatic rings. The zero-order chi connectivity index (χ0) is 24.9. The van der Waals surface area contributed by atoms with Crippen LogP contribution in [0.3, 0.4) is 0 Å². The molecule has 2 heterocycles. The van der Waals surface area contributed by atoms with Gasteiger partial charge in [-0.25, -0.2) is 18.8 Å². The largest absolute Gasteiger partial charge is 0.466 e. The van der Waals surface area contributed by atoms with Gasteiger partial charge in [0.1, 0.15) is 11.4 Å². The lowest BCUT2D eigenvalue weighted by molar-refractivity contribution is -0.134. The van der Waals surface area contributed by atoms with Crippen molar-refractivity contribution in [1.29, 1.82) is 0 Å². The van der Waals surface area contributed by atoms with Gasteiger partial charge in [-0.1, -0.05) is 6.07 Å². The number of halogens is 1. The Labute approximate surface area is 200 Å². The van der Waals surface area contributed by atoms with E-state index in [0.29, 0.717) is 31.1 Å². The fraction of sp³-hybridized carbons (Fsp3) is 0.560. The van der Waals surface area contributed by atoms with E-state index < -0.39 is 17.4 Å². The quantitative estimate of drug-likeness (QED) is 0.489. The highest BCUT2D eigenvalue weighted by molar-refractivity contribution is 5.95. The van der Waals surface area contributed by atoms with Crippen LogP contribution < -0.4 is 10.2 Å². The smallest absolute Gasteiger partial charge is 0.410 e. The summed E-state index contributed by atoms with van der Waals surface area (Å²) in [5.74, 6) is -0.618. The van der Waals surface area contributed by atoms with Crippen LogP contribution in [0.1, 0.15) is 52.0 Å². The summed E-state index contributed by atoms with van der Waals surface area (Å²) in [6.07, 6.45) is 5.78. The second-order valence-electron chi connectivity index (χ2n) is 9.77. The number of piperidine rings is 1. The van der Waals surface area contributed by atoms with E-state index in [2.05, 4.69) is 10.1 Å². The van der Waals surface area contributed by atoms with Crippen LogP contribution in [0.2, 0.25) is 0 Å². The third kappa shape index (κ3) is 6.71. The van der Waals surface area contributed by atoms with E-state index in [-0.39, 0.29) is 23.9 Å². The fourth-order valence-electron chi connectivity index (χ4n) is 4.30. The zero-order valence-electron chi connectivity index (χ0n) is 20.3. The minimum atomic E-state index is -0.528. The molecule has 2 saturated heterocycles. The number of methoxy groups -OCH3 is 1. The van der Waals surface area contributed by atoms with Gasteiger partial charge >= 0.3 is 18.1 Å². The van der Waals surface area contributed by atoms with Gasteiger partial charge in [-0.2, -0.15) is 0 Å². The minimum Gasteiger partial charge on any atom is -0.466 e. The lowest BCUT2D eigenvalue weighted by Crippen LogP contribution is -2.42. The van der Waals surface area contributed by atoms with E-state index >= 15 is 0 Å². The van der Waals surface area contributed by atoms with Crippen LogP contribution >= 0.6 is 0 Å². The molecule has 2 aliphatic heterocycles. The number of esters is 1. The molecule has 0 aromatic heterocycles. The van der Waals surface area contributed by atoms with Gasteiger partial charge in [0.2, 0.25) is 0 Å². The van der Waals surface area contributed by atoms with Crippen molar-refractivity contribution >= 4 is 29.9 Å². The number of hydrogen-bond acceptors (Lipinski definition) is 5. The molecule has 1 aromatic rings. The first kappa shape index (κ1) is 25.5. The van der Waals surface area contributed by atoms with Gasteiger partial charge in [-0.05, 0) is 76.1 Å². The van der Waals surface area contributed by atoms with E-state index in [1.54, 1.807) is 17.0 Å². The fourth-order valence-corrected chi connectivity index (χ4v) is 4.30. The highest BCUT2D eigenvalue weighted by Gasteiger charge is 2.34. The second-order valence-corrected chi connectivity index (χ2v) is 9.77. The summed E-state index contributed by atoms with van der Waals surface area (Å²) in [4.78, 5) is 39.2. The van der Waals surface area contributed by atoms with Crippen LogP contribution in [-0.2, 0) is 14.3 Å². The number of benzene rings is 1. The number of urea groups is 1. The summed E-state index contributed by atoms with van der Waals surface area (Å²) in [7, 11) is 1.27. The van der Waals surface area contributed by atoms with Gasteiger partial charge in [-0.3, -0.25) is 4.90 Å². The third-order valence-corrected chi connectivity index (χ3v) is 6.09. The van der Waals surface area contributed by atoms with Gasteiger partial charge in [0.25, 0.3) is 0 Å². The molecular weight excluding hydrogens is 441 g/mol. The Balaban J connectivity index is 1.56. The first-order valence-corrected chi connectivity index (χ1v) is 11.7. The van der Waals surface area contributed by atoms with Crippen molar-refractivity contribution in [2.24, 2.45) is 5.92 Å². The number of rotatable bonds is 6. The number of ether oxygens (including phenoxy) is 2. The Bertz CT molecular complexity index is 935. The number of anilines is 1. The number of carbonyl (C=O) groups is 3. The Kier molecular flexibility index (Phi) is 8.17. The van der Waals surface area contributed by atoms with Gasteiger partial charge in [0, 0.05) is 25.7 Å². The van der Waals surface area contributed by atoms with Crippen LogP contribution in [0.5, 0.6) is 0 Å². The van der Waals surface area contributed by atoms with E-state index in [9.17, 15) is 18.8 Å². The average molecular weight is 476 g/mol. The first-order chi connectivity index (χ1) is 16.1. The Morgan fingerprint density at radius 2 is 1.91 bits per heavy atom. The molecule has 34 heavy (non-hydrogen) atoms. The summed E-state index contributed by atoms with van der Waals surface area (Å²) in [5.41, 5.74) is 0.208. The molecule has 3 amide bonds. The van der Waals surface area contributed by atoms with Crippen LogP contribution in [0.15, 0.2) is 24.3 Å². The molecular formula is C25H34FN3O5. The molecule has 1 unspecified atom stereocenters. The SMILES string of the molecule is COC(=O)C=Cc1ccc(N2C(=O)NCC2CCC2CCN(C(=O)OC(C)(C)C)CC2)c(F)c1. The maximum atomic E-state index is 14.9. The summed E-state index contributed by atoms with van der Waals surface area (Å²) >= 11 is 0. The van der Waals surface area contributed by atoms with E-state index in [1.165, 1.54) is 30.2 Å². The molecule has 0 saturated carbocycles. The van der Waals surface area contributed by atoms with Crippen molar-refractivity contribution in [3.8, 4) is 0 Å². The summed E-state index contributed by atoms with van der Waals surface area (Å²) in [6, 6.07) is 4.05. The molecule has 0 aliphatic carbocycles. The minimum absolute atomic E-state index is 0.151. The molecule has 0 radical (unpaired) electrons. The van der Waals surface area contributed by atoms with E-state index in [4.69, 9.17) is 4.74 Å². The van der Waals surface area contributed by atoms with Crippen LogP contribution in [-0.4, -0.2) is 61.4 Å². The van der Waals surface area contributed by atoms with Gasteiger partial charge in [-0.15, -0.1) is 0 Å².